The second-order valence-electron chi connectivity index (χ2n) is 4.67. The average molecular weight is 234 g/mol. The van der Waals surface area contributed by atoms with Crippen molar-refractivity contribution in [3.8, 4) is 0 Å². The Hall–Kier alpha value is -1.29. The number of likely N-dealkylation sites (N-methyl/N-ethyl adjacent to an activating group) is 1. The molecule has 0 spiro atoms. The molecule has 0 aliphatic carbocycles. The third-order valence-electron chi connectivity index (χ3n) is 3.45. The van der Waals surface area contributed by atoms with Crippen LogP contribution < -0.4 is 10.6 Å². The first-order chi connectivity index (χ1) is 8.29. The second kappa shape index (κ2) is 5.87. The lowest BCUT2D eigenvalue weighted by Crippen LogP contribution is -2.40. The van der Waals surface area contributed by atoms with Crippen molar-refractivity contribution in [3.63, 3.8) is 0 Å². The van der Waals surface area contributed by atoms with Crippen molar-refractivity contribution in [3.05, 3.63) is 18.2 Å². The zero-order valence-electron chi connectivity index (χ0n) is 10.7. The Kier molecular flexibility index (Phi) is 4.20. The lowest BCUT2D eigenvalue weighted by atomic mass is 10.0. The Morgan fingerprint density at radius 1 is 1.35 bits per heavy atom. The third kappa shape index (κ3) is 3.33. The highest BCUT2D eigenvalue weighted by Crippen LogP contribution is 2.16. The summed E-state index contributed by atoms with van der Waals surface area (Å²) >= 11 is 0. The summed E-state index contributed by atoms with van der Waals surface area (Å²) in [7, 11) is 4.10. The van der Waals surface area contributed by atoms with Crippen molar-refractivity contribution in [2.45, 2.75) is 25.3 Å². The van der Waals surface area contributed by atoms with Gasteiger partial charge in [0.25, 0.3) is 0 Å². The first-order valence-electron chi connectivity index (χ1n) is 6.38. The monoisotopic (exact) mass is 234 g/mol. The minimum Gasteiger partial charge on any atom is -0.373 e. The maximum atomic E-state index is 4.46. The number of nitrogens with one attached hydrogen (secondary N) is 2. The number of nitrogens with zero attached hydrogens (tertiary/aromatic N) is 2. The smallest absolute Gasteiger partial charge is 0.128 e. The van der Waals surface area contributed by atoms with Crippen molar-refractivity contribution in [1.82, 2.24) is 9.88 Å². The first-order valence-corrected chi connectivity index (χ1v) is 6.38. The molecule has 2 heterocycles. The molecule has 17 heavy (non-hydrogen) atoms. The number of hydrogen-bond acceptors (Lipinski definition) is 4. The summed E-state index contributed by atoms with van der Waals surface area (Å²) in [4.78, 5) is 6.90. The second-order valence-corrected chi connectivity index (χ2v) is 4.67. The van der Waals surface area contributed by atoms with E-state index in [0.717, 1.165) is 18.2 Å². The minimum absolute atomic E-state index is 0.642. The van der Waals surface area contributed by atoms with Gasteiger partial charge in [0, 0.05) is 19.6 Å². The molecule has 94 valence electrons. The fourth-order valence-electron chi connectivity index (χ4n) is 2.30. The van der Waals surface area contributed by atoms with Gasteiger partial charge in [0.05, 0.1) is 0 Å². The molecule has 1 aromatic rings. The maximum Gasteiger partial charge on any atom is 0.128 e. The summed E-state index contributed by atoms with van der Waals surface area (Å²) in [6, 6.07) is 6.65. The van der Waals surface area contributed by atoms with Crippen LogP contribution in [-0.4, -0.2) is 43.1 Å². The Morgan fingerprint density at radius 3 is 2.94 bits per heavy atom. The van der Waals surface area contributed by atoms with Gasteiger partial charge in [-0.1, -0.05) is 12.5 Å². The van der Waals surface area contributed by atoms with Crippen molar-refractivity contribution in [1.29, 1.82) is 0 Å². The summed E-state index contributed by atoms with van der Waals surface area (Å²) in [6.45, 7) is 2.20. The molecule has 0 saturated carbocycles. The van der Waals surface area contributed by atoms with Crippen LogP contribution in [0.4, 0.5) is 11.6 Å². The van der Waals surface area contributed by atoms with E-state index in [9.17, 15) is 0 Å². The molecular weight excluding hydrogens is 212 g/mol. The molecule has 1 aliphatic rings. The fourth-order valence-corrected chi connectivity index (χ4v) is 2.30. The number of likely N-dealkylation sites (tertiary alicyclic amines) is 1. The average Bonchev–Trinajstić information content (AvgIpc) is 2.38. The molecule has 4 heteroatoms. The number of piperidine rings is 1. The molecule has 1 aliphatic heterocycles. The summed E-state index contributed by atoms with van der Waals surface area (Å²) in [5, 5.41) is 6.48. The van der Waals surface area contributed by atoms with Gasteiger partial charge in [0.1, 0.15) is 11.6 Å². The number of anilines is 2. The van der Waals surface area contributed by atoms with E-state index < -0.39 is 0 Å². The topological polar surface area (TPSA) is 40.2 Å². The van der Waals surface area contributed by atoms with E-state index in [2.05, 4.69) is 27.6 Å². The van der Waals surface area contributed by atoms with Crippen molar-refractivity contribution in [2.75, 3.05) is 37.8 Å². The third-order valence-corrected chi connectivity index (χ3v) is 3.45. The minimum atomic E-state index is 0.642. The number of aromatic nitrogens is 1. The van der Waals surface area contributed by atoms with Gasteiger partial charge in [-0.25, -0.2) is 4.98 Å². The highest BCUT2D eigenvalue weighted by atomic mass is 15.2. The molecule has 1 saturated heterocycles. The molecule has 1 atom stereocenters. The molecular formula is C13H22N4. The van der Waals surface area contributed by atoms with Gasteiger partial charge in [-0.05, 0) is 38.6 Å². The van der Waals surface area contributed by atoms with Gasteiger partial charge < -0.3 is 15.5 Å². The number of hydrogen-bond donors (Lipinski definition) is 2. The van der Waals surface area contributed by atoms with Gasteiger partial charge >= 0.3 is 0 Å². The van der Waals surface area contributed by atoms with Gasteiger partial charge in [0.2, 0.25) is 0 Å². The fraction of sp³-hybridized carbons (Fsp3) is 0.615. The van der Waals surface area contributed by atoms with Crippen LogP contribution in [0.15, 0.2) is 18.2 Å². The normalized spacial score (nSPS) is 21.2. The lowest BCUT2D eigenvalue weighted by molar-refractivity contribution is 0.194. The van der Waals surface area contributed by atoms with Gasteiger partial charge in [-0.2, -0.15) is 0 Å². The Bertz CT molecular complexity index is 353. The Labute approximate surface area is 103 Å². The van der Waals surface area contributed by atoms with Crippen LogP contribution in [-0.2, 0) is 0 Å². The Balaban J connectivity index is 1.88. The molecule has 2 N–H and O–H groups in total. The van der Waals surface area contributed by atoms with E-state index in [0.29, 0.717) is 6.04 Å². The molecule has 1 unspecified atom stereocenters. The molecule has 1 fully saturated rings. The van der Waals surface area contributed by atoms with Gasteiger partial charge in [0.15, 0.2) is 0 Å². The largest absolute Gasteiger partial charge is 0.373 e. The molecule has 0 radical (unpaired) electrons. The van der Waals surface area contributed by atoms with Crippen LogP contribution in [0.1, 0.15) is 19.3 Å². The van der Waals surface area contributed by atoms with E-state index in [1.165, 1.54) is 25.8 Å². The molecule has 4 nitrogen and oxygen atoms in total. The zero-order chi connectivity index (χ0) is 12.1. The highest BCUT2D eigenvalue weighted by Gasteiger charge is 2.18. The van der Waals surface area contributed by atoms with E-state index in [-0.39, 0.29) is 0 Å². The van der Waals surface area contributed by atoms with Crippen molar-refractivity contribution >= 4 is 11.6 Å². The van der Waals surface area contributed by atoms with E-state index in [1.807, 2.05) is 25.2 Å². The molecule has 0 aromatic carbocycles. The van der Waals surface area contributed by atoms with Crippen LogP contribution in [0.5, 0.6) is 0 Å². The molecule has 0 bridgehead atoms. The van der Waals surface area contributed by atoms with Crippen LogP contribution in [0.2, 0.25) is 0 Å². The summed E-state index contributed by atoms with van der Waals surface area (Å²) in [5.41, 5.74) is 0. The predicted molar refractivity (Wildman–Crippen MR) is 72.5 cm³/mol. The molecule has 0 amide bonds. The van der Waals surface area contributed by atoms with Crippen LogP contribution in [0, 0.1) is 0 Å². The van der Waals surface area contributed by atoms with E-state index >= 15 is 0 Å². The summed E-state index contributed by atoms with van der Waals surface area (Å²) in [6.07, 6.45) is 3.97. The van der Waals surface area contributed by atoms with Crippen molar-refractivity contribution in [2.24, 2.45) is 0 Å². The maximum absolute atomic E-state index is 4.46. The molecule has 1 aromatic heterocycles. The first kappa shape index (κ1) is 12.2. The van der Waals surface area contributed by atoms with E-state index in [1.54, 1.807) is 0 Å². The van der Waals surface area contributed by atoms with E-state index in [4.69, 9.17) is 0 Å². The van der Waals surface area contributed by atoms with Crippen LogP contribution in [0.25, 0.3) is 0 Å². The number of pyridine rings is 1. The van der Waals surface area contributed by atoms with Crippen LogP contribution >= 0.6 is 0 Å². The SMILES string of the molecule is CNc1cccc(NCC2CCCCN2C)n1. The van der Waals surface area contributed by atoms with Gasteiger partial charge in [-0.3, -0.25) is 0 Å². The molecule has 2 rings (SSSR count). The lowest BCUT2D eigenvalue weighted by Gasteiger charge is -2.32. The zero-order valence-corrected chi connectivity index (χ0v) is 10.7. The highest BCUT2D eigenvalue weighted by molar-refractivity contribution is 5.44. The summed E-state index contributed by atoms with van der Waals surface area (Å²) in [5.74, 6) is 1.86. The van der Waals surface area contributed by atoms with Crippen LogP contribution in [0.3, 0.4) is 0 Å². The summed E-state index contributed by atoms with van der Waals surface area (Å²) < 4.78 is 0. The predicted octanol–water partition coefficient (Wildman–Crippen LogP) is 2.02. The van der Waals surface area contributed by atoms with Crippen molar-refractivity contribution < 1.29 is 0 Å². The standard InChI is InChI=1S/C13H22N4/c1-14-12-7-5-8-13(16-12)15-10-11-6-3-4-9-17(11)2/h5,7-8,11H,3-4,6,9-10H2,1-2H3,(H2,14,15,16). The van der Waals surface area contributed by atoms with Gasteiger partial charge in [-0.15, -0.1) is 0 Å². The quantitative estimate of drug-likeness (QED) is 0.836. The Morgan fingerprint density at radius 2 is 2.18 bits per heavy atom. The number of rotatable bonds is 4.